The molecule has 0 atom stereocenters. The predicted octanol–water partition coefficient (Wildman–Crippen LogP) is 5.74. The minimum absolute atomic E-state index is 0.149. The van der Waals surface area contributed by atoms with Crippen molar-refractivity contribution in [2.24, 2.45) is 11.3 Å². The first-order valence-electron chi connectivity index (χ1n) is 14.0. The molecule has 210 valence electrons. The van der Waals surface area contributed by atoms with Crippen molar-refractivity contribution in [2.75, 3.05) is 42.9 Å². The number of pyridine rings is 1. The molecule has 1 saturated heterocycles. The van der Waals surface area contributed by atoms with E-state index in [1.165, 1.54) is 4.90 Å². The highest BCUT2D eigenvalue weighted by atomic mass is 35.5. The Balaban J connectivity index is 1.36. The smallest absolute Gasteiger partial charge is 0.257 e. The highest BCUT2D eigenvalue weighted by Gasteiger charge is 2.33. The van der Waals surface area contributed by atoms with E-state index >= 15 is 0 Å². The molecule has 2 aromatic rings. The molecule has 1 N–H and O–H groups in total. The molecule has 2 aliphatic rings. The Morgan fingerprint density at radius 3 is 2.62 bits per heavy atom. The van der Waals surface area contributed by atoms with E-state index < -0.39 is 0 Å². The molecule has 0 spiro atoms. The van der Waals surface area contributed by atoms with Gasteiger partial charge in [0.2, 0.25) is 11.8 Å². The van der Waals surface area contributed by atoms with E-state index in [4.69, 9.17) is 11.6 Å². The van der Waals surface area contributed by atoms with Crippen molar-refractivity contribution in [3.05, 3.63) is 47.1 Å². The SMILES string of the molecule is CCN(CCCC1CCN(CC(=O)N2c3cc(Cl)ccc3C(=O)Nc3cccnc32)CC1)C(=O)C(C)(C)CC. The number of nitrogens with one attached hydrogen (secondary N) is 1. The topological polar surface area (TPSA) is 85.8 Å². The number of rotatable bonds is 9. The van der Waals surface area contributed by atoms with Gasteiger partial charge in [0.05, 0.1) is 23.5 Å². The summed E-state index contributed by atoms with van der Waals surface area (Å²) in [4.78, 5) is 49.6. The molecule has 0 radical (unpaired) electrons. The number of likely N-dealkylation sites (tertiary alicyclic amines) is 1. The van der Waals surface area contributed by atoms with Crippen LogP contribution in [0.4, 0.5) is 17.2 Å². The molecule has 3 amide bonds. The van der Waals surface area contributed by atoms with Crippen molar-refractivity contribution < 1.29 is 14.4 Å². The Morgan fingerprint density at radius 1 is 1.18 bits per heavy atom. The van der Waals surface area contributed by atoms with Crippen molar-refractivity contribution in [3.63, 3.8) is 0 Å². The minimum Gasteiger partial charge on any atom is -0.343 e. The third-order valence-corrected chi connectivity index (χ3v) is 8.41. The zero-order valence-corrected chi connectivity index (χ0v) is 24.3. The van der Waals surface area contributed by atoms with Gasteiger partial charge in [0, 0.05) is 29.7 Å². The van der Waals surface area contributed by atoms with Gasteiger partial charge in [-0.05, 0) is 88.4 Å². The normalized spacial score (nSPS) is 16.2. The van der Waals surface area contributed by atoms with Crippen LogP contribution in [0.3, 0.4) is 0 Å². The van der Waals surface area contributed by atoms with Crippen molar-refractivity contribution in [1.29, 1.82) is 0 Å². The Morgan fingerprint density at radius 2 is 1.92 bits per heavy atom. The van der Waals surface area contributed by atoms with E-state index in [1.807, 2.05) is 18.7 Å². The molecule has 2 aliphatic heterocycles. The third-order valence-electron chi connectivity index (χ3n) is 8.18. The Bertz CT molecular complexity index is 1210. The lowest BCUT2D eigenvalue weighted by Gasteiger charge is -2.34. The van der Waals surface area contributed by atoms with E-state index in [0.29, 0.717) is 33.7 Å². The number of piperidine rings is 1. The molecule has 1 aromatic carbocycles. The maximum atomic E-state index is 13.7. The van der Waals surface area contributed by atoms with Crippen molar-refractivity contribution in [1.82, 2.24) is 14.8 Å². The van der Waals surface area contributed by atoms with E-state index in [1.54, 1.807) is 36.5 Å². The summed E-state index contributed by atoms with van der Waals surface area (Å²) in [6.45, 7) is 11.6. The second kappa shape index (κ2) is 12.5. The van der Waals surface area contributed by atoms with E-state index in [0.717, 1.165) is 58.3 Å². The lowest BCUT2D eigenvalue weighted by molar-refractivity contribution is -0.140. The summed E-state index contributed by atoms with van der Waals surface area (Å²) in [6.07, 6.45) is 6.57. The zero-order chi connectivity index (χ0) is 28.2. The number of carbonyl (C=O) groups excluding carboxylic acids is 3. The number of nitrogens with zero attached hydrogens (tertiary/aromatic N) is 4. The molecule has 0 unspecified atom stereocenters. The second-order valence-corrected chi connectivity index (χ2v) is 11.6. The van der Waals surface area contributed by atoms with Crippen LogP contribution in [0.25, 0.3) is 0 Å². The van der Waals surface area contributed by atoms with Gasteiger partial charge in [-0.15, -0.1) is 0 Å². The number of halogens is 1. The Hall–Kier alpha value is -2.97. The van der Waals surface area contributed by atoms with E-state index in [9.17, 15) is 14.4 Å². The van der Waals surface area contributed by atoms with Crippen molar-refractivity contribution in [3.8, 4) is 0 Å². The summed E-state index contributed by atoms with van der Waals surface area (Å²) >= 11 is 6.28. The molecule has 4 rings (SSSR count). The quantitative estimate of drug-likeness (QED) is 0.428. The van der Waals surface area contributed by atoms with Gasteiger partial charge in [-0.2, -0.15) is 0 Å². The van der Waals surface area contributed by atoms with E-state index in [2.05, 4.69) is 29.0 Å². The van der Waals surface area contributed by atoms with Gasteiger partial charge in [-0.25, -0.2) is 4.98 Å². The summed E-state index contributed by atoms with van der Waals surface area (Å²) in [5.74, 6) is 0.780. The van der Waals surface area contributed by atoms with Gasteiger partial charge in [0.1, 0.15) is 0 Å². The first kappa shape index (κ1) is 29.0. The van der Waals surface area contributed by atoms with Crippen LogP contribution in [0.2, 0.25) is 5.02 Å². The van der Waals surface area contributed by atoms with Crippen LogP contribution in [0.5, 0.6) is 0 Å². The van der Waals surface area contributed by atoms with Gasteiger partial charge < -0.3 is 10.2 Å². The molecular formula is C30H40ClN5O3. The van der Waals surface area contributed by atoms with Gasteiger partial charge in [0.25, 0.3) is 5.91 Å². The highest BCUT2D eigenvalue weighted by molar-refractivity contribution is 6.31. The summed E-state index contributed by atoms with van der Waals surface area (Å²) in [5, 5.41) is 3.31. The molecule has 39 heavy (non-hydrogen) atoms. The summed E-state index contributed by atoms with van der Waals surface area (Å²) in [5.41, 5.74) is 1.00. The first-order valence-corrected chi connectivity index (χ1v) is 14.4. The van der Waals surface area contributed by atoms with Crippen molar-refractivity contribution in [2.45, 2.75) is 59.8 Å². The molecule has 3 heterocycles. The molecule has 1 aromatic heterocycles. The lowest BCUT2D eigenvalue weighted by atomic mass is 9.88. The van der Waals surface area contributed by atoms with Crippen LogP contribution < -0.4 is 10.2 Å². The van der Waals surface area contributed by atoms with Crippen molar-refractivity contribution >= 4 is 46.5 Å². The molecule has 0 saturated carbocycles. The molecule has 1 fully saturated rings. The van der Waals surface area contributed by atoms with Crippen LogP contribution >= 0.6 is 11.6 Å². The number of hydrogen-bond acceptors (Lipinski definition) is 5. The summed E-state index contributed by atoms with van der Waals surface area (Å²) in [7, 11) is 0. The molecule has 0 bridgehead atoms. The van der Waals surface area contributed by atoms with Crippen LogP contribution in [0.1, 0.15) is 70.2 Å². The zero-order valence-electron chi connectivity index (χ0n) is 23.5. The summed E-state index contributed by atoms with van der Waals surface area (Å²) < 4.78 is 0. The van der Waals surface area contributed by atoms with E-state index in [-0.39, 0.29) is 29.7 Å². The third kappa shape index (κ3) is 6.61. The van der Waals surface area contributed by atoms with Gasteiger partial charge in [0.15, 0.2) is 5.82 Å². The summed E-state index contributed by atoms with van der Waals surface area (Å²) in [6, 6.07) is 8.42. The van der Waals surface area contributed by atoms with Crippen LogP contribution in [-0.4, -0.2) is 65.2 Å². The molecule has 0 aliphatic carbocycles. The maximum Gasteiger partial charge on any atom is 0.257 e. The number of hydrogen-bond donors (Lipinski definition) is 1. The average molecular weight is 554 g/mol. The second-order valence-electron chi connectivity index (χ2n) is 11.2. The number of fused-ring (bicyclic) bond motifs is 2. The molecule has 9 heteroatoms. The van der Waals surface area contributed by atoms with Crippen LogP contribution in [0.15, 0.2) is 36.5 Å². The maximum absolute atomic E-state index is 13.7. The minimum atomic E-state index is -0.313. The number of benzene rings is 1. The Kier molecular flexibility index (Phi) is 9.28. The number of anilines is 3. The fourth-order valence-corrected chi connectivity index (χ4v) is 5.53. The molecular weight excluding hydrogens is 514 g/mol. The van der Waals surface area contributed by atoms with Gasteiger partial charge in [-0.1, -0.05) is 32.4 Å². The lowest BCUT2D eigenvalue weighted by Crippen LogP contribution is -2.43. The Labute approximate surface area is 236 Å². The molecule has 8 nitrogen and oxygen atoms in total. The van der Waals surface area contributed by atoms with Gasteiger partial charge in [-0.3, -0.25) is 24.2 Å². The van der Waals surface area contributed by atoms with Gasteiger partial charge >= 0.3 is 0 Å². The van der Waals surface area contributed by atoms with Crippen LogP contribution in [-0.2, 0) is 9.59 Å². The fourth-order valence-electron chi connectivity index (χ4n) is 5.36. The monoisotopic (exact) mass is 553 g/mol. The average Bonchev–Trinajstić information content (AvgIpc) is 3.04. The number of aromatic nitrogens is 1. The fraction of sp³-hybridized carbons (Fsp3) is 0.533. The predicted molar refractivity (Wildman–Crippen MR) is 156 cm³/mol. The van der Waals surface area contributed by atoms with Crippen LogP contribution in [0, 0.1) is 11.3 Å². The number of carbonyl (C=O) groups is 3. The first-order chi connectivity index (χ1) is 18.6. The number of amides is 3. The highest BCUT2D eigenvalue weighted by Crippen LogP contribution is 2.38. The largest absolute Gasteiger partial charge is 0.343 e. The standard InChI is InChI=1S/C30H40ClN5O3/c1-5-30(3,4)29(39)35(6-2)16-8-9-21-13-17-34(18-14-21)20-26(37)36-25-19-22(31)11-12-23(25)28(38)33-24-10-7-15-32-27(24)36/h7,10-12,15,19,21H,5-6,8-9,13-14,16-18,20H2,1-4H3,(H,33,38).